The van der Waals surface area contributed by atoms with E-state index in [1.807, 2.05) is 0 Å². The average Bonchev–Trinajstić information content (AvgIpc) is 3.26. The van der Waals surface area contributed by atoms with Gasteiger partial charge in [0.1, 0.15) is 11.6 Å². The van der Waals surface area contributed by atoms with Crippen molar-refractivity contribution in [3.63, 3.8) is 0 Å². The number of carbonyl (C=O) groups excluding carboxylic acids is 1. The topological polar surface area (TPSA) is 97.1 Å². The standard InChI is InChI=1S/C23H17F3N4O4/c24-16-5-1-14(2-6-16)20-13-29(23(31)27-17-7-9-18(10-8-17)30(32)33)28-21(20)15-3-11-19(12-4-15)34-22(25)26/h1-12,20,22H,13H2,(H,27,31). The molecule has 1 atom stereocenters. The molecule has 4 rings (SSSR count). The van der Waals surface area contributed by atoms with Gasteiger partial charge in [-0.05, 0) is 59.7 Å². The Morgan fingerprint density at radius 3 is 2.29 bits per heavy atom. The number of halogens is 3. The Morgan fingerprint density at radius 2 is 1.71 bits per heavy atom. The van der Waals surface area contributed by atoms with Gasteiger partial charge in [-0.2, -0.15) is 13.9 Å². The fourth-order valence-electron chi connectivity index (χ4n) is 3.51. The summed E-state index contributed by atoms with van der Waals surface area (Å²) >= 11 is 0. The van der Waals surface area contributed by atoms with Crippen molar-refractivity contribution >= 4 is 23.1 Å². The van der Waals surface area contributed by atoms with Gasteiger partial charge in [-0.3, -0.25) is 10.1 Å². The number of benzene rings is 3. The number of nitrogens with one attached hydrogen (secondary N) is 1. The first-order valence-electron chi connectivity index (χ1n) is 10.0. The summed E-state index contributed by atoms with van der Waals surface area (Å²) in [5.74, 6) is -0.852. The maximum atomic E-state index is 13.4. The molecule has 0 spiro atoms. The first-order valence-corrected chi connectivity index (χ1v) is 10.0. The molecule has 174 valence electrons. The second kappa shape index (κ2) is 9.61. The minimum absolute atomic E-state index is 0.0246. The van der Waals surface area contributed by atoms with E-state index in [-0.39, 0.29) is 18.0 Å². The lowest BCUT2D eigenvalue weighted by molar-refractivity contribution is -0.384. The van der Waals surface area contributed by atoms with Crippen molar-refractivity contribution in [1.29, 1.82) is 0 Å². The third-order valence-corrected chi connectivity index (χ3v) is 5.13. The van der Waals surface area contributed by atoms with E-state index < -0.39 is 29.3 Å². The van der Waals surface area contributed by atoms with Crippen LogP contribution >= 0.6 is 0 Å². The highest BCUT2D eigenvalue weighted by molar-refractivity contribution is 6.07. The van der Waals surface area contributed by atoms with E-state index in [9.17, 15) is 28.1 Å². The highest BCUT2D eigenvalue weighted by Gasteiger charge is 2.32. The van der Waals surface area contributed by atoms with Crippen LogP contribution in [0.25, 0.3) is 0 Å². The van der Waals surface area contributed by atoms with E-state index in [4.69, 9.17) is 0 Å². The normalized spacial score (nSPS) is 15.2. The Hall–Kier alpha value is -4.41. The van der Waals surface area contributed by atoms with Crippen LogP contribution in [0.15, 0.2) is 77.9 Å². The van der Waals surface area contributed by atoms with Gasteiger partial charge >= 0.3 is 12.6 Å². The van der Waals surface area contributed by atoms with Gasteiger partial charge in [-0.1, -0.05) is 12.1 Å². The Kier molecular flexibility index (Phi) is 6.44. The number of nitrogens with zero attached hydrogens (tertiary/aromatic N) is 3. The first-order chi connectivity index (χ1) is 16.3. The SMILES string of the molecule is O=C(Nc1ccc([N+](=O)[O-])cc1)N1CC(c2ccc(F)cc2)C(c2ccc(OC(F)F)cc2)=N1. The van der Waals surface area contributed by atoms with E-state index in [2.05, 4.69) is 15.2 Å². The van der Waals surface area contributed by atoms with E-state index in [0.29, 0.717) is 22.5 Å². The summed E-state index contributed by atoms with van der Waals surface area (Å²) in [7, 11) is 0. The van der Waals surface area contributed by atoms with E-state index in [1.54, 1.807) is 24.3 Å². The van der Waals surface area contributed by atoms with E-state index >= 15 is 0 Å². The Bertz CT molecular complexity index is 1220. The summed E-state index contributed by atoms with van der Waals surface area (Å²) in [6.07, 6.45) is 0. The minimum atomic E-state index is -2.96. The maximum absolute atomic E-state index is 13.4. The molecule has 1 heterocycles. The van der Waals surface area contributed by atoms with E-state index in [0.717, 1.165) is 0 Å². The monoisotopic (exact) mass is 470 g/mol. The largest absolute Gasteiger partial charge is 0.435 e. The second-order valence-corrected chi connectivity index (χ2v) is 7.31. The van der Waals surface area contributed by atoms with Gasteiger partial charge in [-0.25, -0.2) is 14.2 Å². The molecular weight excluding hydrogens is 453 g/mol. The van der Waals surface area contributed by atoms with Crippen LogP contribution in [0, 0.1) is 15.9 Å². The fourth-order valence-corrected chi connectivity index (χ4v) is 3.51. The average molecular weight is 470 g/mol. The van der Waals surface area contributed by atoms with Gasteiger partial charge in [0, 0.05) is 23.7 Å². The number of anilines is 1. The fraction of sp³-hybridized carbons (Fsp3) is 0.130. The number of non-ortho nitro benzene ring substituents is 1. The van der Waals surface area contributed by atoms with Crippen molar-refractivity contribution in [2.45, 2.75) is 12.5 Å². The number of alkyl halides is 2. The van der Waals surface area contributed by atoms with Crippen molar-refractivity contribution in [2.24, 2.45) is 5.10 Å². The highest BCUT2D eigenvalue weighted by atomic mass is 19.3. The molecule has 0 saturated carbocycles. The van der Waals surface area contributed by atoms with Gasteiger partial charge in [0.05, 0.1) is 17.2 Å². The Morgan fingerprint density at radius 1 is 1.06 bits per heavy atom. The molecule has 0 fully saturated rings. The third kappa shape index (κ3) is 5.14. The number of hydrogen-bond acceptors (Lipinski definition) is 5. The molecule has 0 radical (unpaired) electrons. The molecule has 0 aromatic heterocycles. The highest BCUT2D eigenvalue weighted by Crippen LogP contribution is 2.30. The number of hydrogen-bond donors (Lipinski definition) is 1. The number of amides is 2. The molecule has 0 bridgehead atoms. The number of nitro benzene ring substituents is 1. The maximum Gasteiger partial charge on any atom is 0.387 e. The zero-order valence-electron chi connectivity index (χ0n) is 17.4. The molecule has 1 unspecified atom stereocenters. The summed E-state index contributed by atoms with van der Waals surface area (Å²) in [5.41, 5.74) is 1.98. The smallest absolute Gasteiger partial charge is 0.387 e. The molecule has 1 N–H and O–H groups in total. The lowest BCUT2D eigenvalue weighted by Gasteiger charge is -2.16. The lowest BCUT2D eigenvalue weighted by atomic mass is 9.90. The number of urea groups is 1. The van der Waals surface area contributed by atoms with Crippen LogP contribution in [-0.4, -0.2) is 34.8 Å². The molecular formula is C23H17F3N4O4. The number of hydrazone groups is 1. The molecule has 2 amide bonds. The van der Waals surface area contributed by atoms with Crippen LogP contribution in [0.4, 0.5) is 29.3 Å². The van der Waals surface area contributed by atoms with E-state index in [1.165, 1.54) is 53.5 Å². The van der Waals surface area contributed by atoms with Crippen LogP contribution < -0.4 is 10.1 Å². The summed E-state index contributed by atoms with van der Waals surface area (Å²) in [6, 6.07) is 16.3. The van der Waals surface area contributed by atoms with Gasteiger partial charge in [-0.15, -0.1) is 0 Å². The predicted octanol–water partition coefficient (Wildman–Crippen LogP) is 5.37. The van der Waals surface area contributed by atoms with Crippen LogP contribution in [0.2, 0.25) is 0 Å². The molecule has 0 aliphatic carbocycles. The predicted molar refractivity (Wildman–Crippen MR) is 118 cm³/mol. The third-order valence-electron chi connectivity index (χ3n) is 5.13. The Labute approximate surface area is 191 Å². The number of nitro groups is 1. The molecule has 3 aromatic rings. The van der Waals surface area contributed by atoms with Gasteiger partial charge in [0.25, 0.3) is 5.69 Å². The molecule has 1 aliphatic rings. The zero-order chi connectivity index (χ0) is 24.2. The summed E-state index contributed by atoms with van der Waals surface area (Å²) in [5, 5.41) is 19.0. The van der Waals surface area contributed by atoms with Crippen LogP contribution in [-0.2, 0) is 0 Å². The molecule has 11 heteroatoms. The number of rotatable bonds is 6. The van der Waals surface area contributed by atoms with Gasteiger partial charge in [0.15, 0.2) is 0 Å². The van der Waals surface area contributed by atoms with Crippen molar-refractivity contribution < 1.29 is 27.6 Å². The van der Waals surface area contributed by atoms with Gasteiger partial charge < -0.3 is 10.1 Å². The number of carbonyl (C=O) groups is 1. The molecule has 3 aromatic carbocycles. The zero-order valence-corrected chi connectivity index (χ0v) is 17.4. The molecule has 0 saturated heterocycles. The minimum Gasteiger partial charge on any atom is -0.435 e. The van der Waals surface area contributed by atoms with Crippen molar-refractivity contribution in [3.8, 4) is 5.75 Å². The summed E-state index contributed by atoms with van der Waals surface area (Å²) in [6.45, 7) is -2.82. The summed E-state index contributed by atoms with van der Waals surface area (Å²) < 4.78 is 42.7. The van der Waals surface area contributed by atoms with Crippen molar-refractivity contribution in [2.75, 3.05) is 11.9 Å². The van der Waals surface area contributed by atoms with Crippen molar-refractivity contribution in [3.05, 3.63) is 99.9 Å². The lowest BCUT2D eigenvalue weighted by Crippen LogP contribution is -2.30. The second-order valence-electron chi connectivity index (χ2n) is 7.31. The molecule has 1 aliphatic heterocycles. The summed E-state index contributed by atoms with van der Waals surface area (Å²) in [4.78, 5) is 23.1. The molecule has 34 heavy (non-hydrogen) atoms. The first kappa shape index (κ1) is 22.8. The van der Waals surface area contributed by atoms with Crippen LogP contribution in [0.5, 0.6) is 5.75 Å². The quantitative estimate of drug-likeness (QED) is 0.387. The van der Waals surface area contributed by atoms with Crippen LogP contribution in [0.3, 0.4) is 0 Å². The Balaban J connectivity index is 1.59. The number of ether oxygens (including phenoxy) is 1. The van der Waals surface area contributed by atoms with Crippen LogP contribution in [0.1, 0.15) is 17.0 Å². The molecule has 8 nitrogen and oxygen atoms in total. The van der Waals surface area contributed by atoms with Crippen molar-refractivity contribution in [1.82, 2.24) is 5.01 Å². The van der Waals surface area contributed by atoms with Gasteiger partial charge in [0.2, 0.25) is 0 Å².